The Kier molecular flexibility index (Phi) is 5.00. The predicted molar refractivity (Wildman–Crippen MR) is 101 cm³/mol. The molecule has 7 nitrogen and oxygen atoms in total. The van der Waals surface area contributed by atoms with E-state index in [9.17, 15) is 18.3 Å². The molecule has 3 aromatic rings. The van der Waals surface area contributed by atoms with Crippen LogP contribution in [-0.4, -0.2) is 31.4 Å². The maximum absolute atomic E-state index is 12.1. The topological polar surface area (TPSA) is 107 Å². The van der Waals surface area contributed by atoms with Crippen molar-refractivity contribution in [3.8, 4) is 5.75 Å². The molecule has 3 rings (SSSR count). The maximum Gasteiger partial charge on any atom is 0.362 e. The molecular weight excluding hydrogens is 370 g/mol. The first-order valence-electron chi connectivity index (χ1n) is 8.07. The number of benzene rings is 2. The SMILES string of the molecule is CCS(=O)(=O)c1ccc2oc(=O)c(C=C(O)c3ccc(OC)cc3)nc2c1. The molecule has 0 aliphatic carbocycles. The minimum Gasteiger partial charge on any atom is -0.507 e. The van der Waals surface area contributed by atoms with Gasteiger partial charge in [0.15, 0.2) is 21.1 Å². The summed E-state index contributed by atoms with van der Waals surface area (Å²) in [7, 11) is -1.89. The maximum atomic E-state index is 12.1. The van der Waals surface area contributed by atoms with E-state index in [-0.39, 0.29) is 33.2 Å². The van der Waals surface area contributed by atoms with Gasteiger partial charge in [0.1, 0.15) is 17.0 Å². The van der Waals surface area contributed by atoms with Crippen molar-refractivity contribution in [3.63, 3.8) is 0 Å². The number of rotatable bonds is 5. The molecule has 1 aromatic heterocycles. The Morgan fingerprint density at radius 1 is 1.22 bits per heavy atom. The van der Waals surface area contributed by atoms with E-state index in [1.165, 1.54) is 31.4 Å². The Morgan fingerprint density at radius 3 is 2.56 bits per heavy atom. The Bertz CT molecular complexity index is 1180. The summed E-state index contributed by atoms with van der Waals surface area (Å²) in [5.74, 6) is 0.383. The first-order chi connectivity index (χ1) is 12.8. The van der Waals surface area contributed by atoms with Crippen LogP contribution in [0.4, 0.5) is 0 Å². The van der Waals surface area contributed by atoms with Crippen LogP contribution >= 0.6 is 0 Å². The van der Waals surface area contributed by atoms with Crippen molar-refractivity contribution in [2.45, 2.75) is 11.8 Å². The zero-order chi connectivity index (χ0) is 19.6. The molecule has 0 saturated heterocycles. The van der Waals surface area contributed by atoms with Crippen molar-refractivity contribution in [2.24, 2.45) is 0 Å². The predicted octanol–water partition coefficient (Wildman–Crippen LogP) is 3.05. The van der Waals surface area contributed by atoms with E-state index in [1.807, 2.05) is 0 Å². The standard InChI is InChI=1S/C19H17NO6S/c1-3-27(23,24)14-8-9-18-15(10-14)20-16(19(22)26-18)11-17(21)12-4-6-13(25-2)7-5-12/h4-11,21H,3H2,1-2H3. The van der Waals surface area contributed by atoms with Crippen LogP contribution in [0.15, 0.2) is 56.6 Å². The van der Waals surface area contributed by atoms with E-state index in [0.717, 1.165) is 0 Å². The molecule has 140 valence electrons. The van der Waals surface area contributed by atoms with Crippen LogP contribution in [0.2, 0.25) is 0 Å². The fourth-order valence-corrected chi connectivity index (χ4v) is 3.32. The summed E-state index contributed by atoms with van der Waals surface area (Å²) in [4.78, 5) is 16.4. The van der Waals surface area contributed by atoms with Crippen molar-refractivity contribution in [2.75, 3.05) is 12.9 Å². The Labute approximate surface area is 155 Å². The number of methoxy groups -OCH3 is 1. The van der Waals surface area contributed by atoms with Crippen LogP contribution in [0.5, 0.6) is 5.75 Å². The van der Waals surface area contributed by atoms with Gasteiger partial charge in [-0.1, -0.05) is 6.92 Å². The number of aliphatic hydroxyl groups excluding tert-OH is 1. The third-order valence-electron chi connectivity index (χ3n) is 3.98. The molecule has 0 amide bonds. The molecule has 1 N–H and O–H groups in total. The summed E-state index contributed by atoms with van der Waals surface area (Å²) in [6.07, 6.45) is 1.17. The summed E-state index contributed by atoms with van der Waals surface area (Å²) >= 11 is 0. The molecule has 0 fully saturated rings. The van der Waals surface area contributed by atoms with Crippen LogP contribution in [0.3, 0.4) is 0 Å². The average Bonchev–Trinajstić information content (AvgIpc) is 2.68. The average molecular weight is 387 g/mol. The van der Waals surface area contributed by atoms with Gasteiger partial charge in [-0.2, -0.15) is 0 Å². The fraction of sp³-hybridized carbons (Fsp3) is 0.158. The van der Waals surface area contributed by atoms with E-state index in [0.29, 0.717) is 11.3 Å². The normalized spacial score (nSPS) is 12.3. The summed E-state index contributed by atoms with van der Waals surface area (Å²) < 4.78 is 34.3. The summed E-state index contributed by atoms with van der Waals surface area (Å²) in [5.41, 5.74) is -0.0519. The number of nitrogens with zero attached hydrogens (tertiary/aromatic N) is 1. The molecule has 0 unspecified atom stereocenters. The summed E-state index contributed by atoms with van der Waals surface area (Å²) in [5, 5.41) is 10.3. The van der Waals surface area contributed by atoms with Gasteiger partial charge in [0.2, 0.25) is 0 Å². The number of ether oxygens (including phenoxy) is 1. The zero-order valence-electron chi connectivity index (χ0n) is 14.7. The molecule has 0 spiro atoms. The van der Waals surface area contributed by atoms with Crippen LogP contribution in [-0.2, 0) is 9.84 Å². The van der Waals surface area contributed by atoms with Gasteiger partial charge in [-0.05, 0) is 42.5 Å². The Morgan fingerprint density at radius 2 is 1.93 bits per heavy atom. The van der Waals surface area contributed by atoms with Crippen LogP contribution in [0.1, 0.15) is 18.2 Å². The molecule has 8 heteroatoms. The van der Waals surface area contributed by atoms with Gasteiger partial charge in [0.25, 0.3) is 0 Å². The van der Waals surface area contributed by atoms with Gasteiger partial charge in [-0.15, -0.1) is 0 Å². The smallest absolute Gasteiger partial charge is 0.362 e. The highest BCUT2D eigenvalue weighted by Crippen LogP contribution is 2.20. The Hall–Kier alpha value is -3.13. The molecular formula is C19H17NO6S. The second kappa shape index (κ2) is 7.24. The fourth-order valence-electron chi connectivity index (χ4n) is 2.42. The second-order valence-corrected chi connectivity index (χ2v) is 7.96. The number of hydrogen-bond acceptors (Lipinski definition) is 7. The van der Waals surface area contributed by atoms with Gasteiger partial charge in [0.05, 0.1) is 17.8 Å². The lowest BCUT2D eigenvalue weighted by Crippen LogP contribution is -2.08. The summed E-state index contributed by atoms with van der Waals surface area (Å²) in [6, 6.07) is 10.7. The van der Waals surface area contributed by atoms with Crippen LogP contribution in [0, 0.1) is 0 Å². The van der Waals surface area contributed by atoms with Gasteiger partial charge < -0.3 is 14.3 Å². The highest BCUT2D eigenvalue weighted by atomic mass is 32.2. The van der Waals surface area contributed by atoms with Gasteiger partial charge in [-0.3, -0.25) is 0 Å². The molecule has 2 aromatic carbocycles. The van der Waals surface area contributed by atoms with E-state index >= 15 is 0 Å². The van der Waals surface area contributed by atoms with Crippen LogP contribution in [0.25, 0.3) is 22.9 Å². The monoisotopic (exact) mass is 387 g/mol. The molecule has 1 heterocycles. The first-order valence-corrected chi connectivity index (χ1v) is 9.72. The third kappa shape index (κ3) is 3.85. The van der Waals surface area contributed by atoms with Crippen molar-refractivity contribution < 1.29 is 22.7 Å². The third-order valence-corrected chi connectivity index (χ3v) is 5.71. The molecule has 0 saturated carbocycles. The number of fused-ring (bicyclic) bond motifs is 1. The molecule has 0 bridgehead atoms. The van der Waals surface area contributed by atoms with Gasteiger partial charge in [-0.25, -0.2) is 18.2 Å². The van der Waals surface area contributed by atoms with Crippen molar-refractivity contribution >= 4 is 32.8 Å². The second-order valence-electron chi connectivity index (χ2n) is 5.68. The minimum atomic E-state index is -3.42. The number of aromatic nitrogens is 1. The Balaban J connectivity index is 2.07. The van der Waals surface area contributed by atoms with Crippen LogP contribution < -0.4 is 10.4 Å². The number of aliphatic hydroxyl groups is 1. The lowest BCUT2D eigenvalue weighted by Gasteiger charge is -2.04. The van der Waals surface area contributed by atoms with E-state index in [1.54, 1.807) is 31.2 Å². The zero-order valence-corrected chi connectivity index (χ0v) is 15.5. The lowest BCUT2D eigenvalue weighted by atomic mass is 10.1. The lowest BCUT2D eigenvalue weighted by molar-refractivity contribution is 0.414. The minimum absolute atomic E-state index is 0.0553. The summed E-state index contributed by atoms with van der Waals surface area (Å²) in [6.45, 7) is 1.54. The largest absolute Gasteiger partial charge is 0.507 e. The van der Waals surface area contributed by atoms with E-state index in [4.69, 9.17) is 9.15 Å². The quantitative estimate of drug-likeness (QED) is 0.671. The van der Waals surface area contributed by atoms with E-state index < -0.39 is 15.5 Å². The van der Waals surface area contributed by atoms with Crippen molar-refractivity contribution in [1.82, 2.24) is 4.98 Å². The molecule has 0 aliphatic heterocycles. The molecule has 0 atom stereocenters. The van der Waals surface area contributed by atoms with E-state index in [2.05, 4.69) is 4.98 Å². The van der Waals surface area contributed by atoms with Gasteiger partial charge in [0, 0.05) is 11.6 Å². The number of sulfone groups is 1. The van der Waals surface area contributed by atoms with Gasteiger partial charge >= 0.3 is 5.63 Å². The van der Waals surface area contributed by atoms with Crippen molar-refractivity contribution in [3.05, 3.63) is 64.1 Å². The molecule has 27 heavy (non-hydrogen) atoms. The first kappa shape index (κ1) is 18.7. The molecule has 0 radical (unpaired) electrons. The number of hydrogen-bond donors (Lipinski definition) is 1. The highest BCUT2D eigenvalue weighted by Gasteiger charge is 2.14. The molecule has 0 aliphatic rings. The highest BCUT2D eigenvalue weighted by molar-refractivity contribution is 7.91. The van der Waals surface area contributed by atoms with Crippen molar-refractivity contribution in [1.29, 1.82) is 0 Å².